The zero-order chi connectivity index (χ0) is 14.9. The van der Waals surface area contributed by atoms with E-state index in [2.05, 4.69) is 10.3 Å². The first-order chi connectivity index (χ1) is 9.38. The van der Waals surface area contributed by atoms with Gasteiger partial charge in [-0.2, -0.15) is 0 Å². The minimum absolute atomic E-state index is 0.0560. The lowest BCUT2D eigenvalue weighted by Gasteiger charge is -2.40. The molecule has 9 heteroatoms. The van der Waals surface area contributed by atoms with Crippen molar-refractivity contribution in [2.75, 3.05) is 26.7 Å². The van der Waals surface area contributed by atoms with Gasteiger partial charge >= 0.3 is 12.0 Å². The number of nitrogens with zero attached hydrogens (tertiary/aromatic N) is 5. The van der Waals surface area contributed by atoms with E-state index in [1.54, 1.807) is 18.9 Å². The third-order valence-electron chi connectivity index (χ3n) is 3.10. The van der Waals surface area contributed by atoms with Crippen LogP contribution in [0.4, 0.5) is 4.79 Å². The fraction of sp³-hybridized carbons (Fsp3) is 0.636. The number of carboxylic acid groups (broad SMARTS) is 1. The number of amides is 2. The normalized spacial score (nSPS) is 16.6. The molecule has 1 atom stereocenters. The molecule has 2 amide bonds. The van der Waals surface area contributed by atoms with Gasteiger partial charge in [0.25, 0.3) is 0 Å². The van der Waals surface area contributed by atoms with Crippen molar-refractivity contribution in [1.29, 1.82) is 0 Å². The second-order valence-corrected chi connectivity index (χ2v) is 4.96. The standard InChI is InChI=1S/C11H17N5O4/c1-7(17)3-14(2)11(20)15-4-8(5-15)16-6-9(10(18)19)12-13-16/h6-8,17H,3-5H2,1-2H3,(H,18,19). The molecule has 0 aromatic carbocycles. The van der Waals surface area contributed by atoms with E-state index in [1.807, 2.05) is 0 Å². The molecule has 0 aliphatic carbocycles. The summed E-state index contributed by atoms with van der Waals surface area (Å²) in [6, 6.07) is -0.222. The number of aliphatic hydroxyl groups excluding tert-OH is 1. The summed E-state index contributed by atoms with van der Waals surface area (Å²) < 4.78 is 1.46. The number of rotatable bonds is 4. The Labute approximate surface area is 115 Å². The molecule has 1 fully saturated rings. The highest BCUT2D eigenvalue weighted by Gasteiger charge is 2.34. The van der Waals surface area contributed by atoms with Gasteiger partial charge in [0.15, 0.2) is 5.69 Å². The van der Waals surface area contributed by atoms with E-state index in [0.717, 1.165) is 0 Å². The van der Waals surface area contributed by atoms with Crippen LogP contribution in [0, 0.1) is 0 Å². The topological polar surface area (TPSA) is 112 Å². The van der Waals surface area contributed by atoms with E-state index in [1.165, 1.54) is 15.8 Å². The molecule has 1 aliphatic heterocycles. The molecule has 110 valence electrons. The minimum Gasteiger partial charge on any atom is -0.476 e. The van der Waals surface area contributed by atoms with E-state index < -0.39 is 12.1 Å². The highest BCUT2D eigenvalue weighted by Crippen LogP contribution is 2.21. The molecule has 9 nitrogen and oxygen atoms in total. The first-order valence-electron chi connectivity index (χ1n) is 6.21. The maximum Gasteiger partial charge on any atom is 0.358 e. The summed E-state index contributed by atoms with van der Waals surface area (Å²) in [4.78, 5) is 25.7. The van der Waals surface area contributed by atoms with E-state index in [0.29, 0.717) is 13.1 Å². The lowest BCUT2D eigenvalue weighted by Crippen LogP contribution is -2.55. The van der Waals surface area contributed by atoms with Gasteiger partial charge in [-0.25, -0.2) is 14.3 Å². The summed E-state index contributed by atoms with van der Waals surface area (Å²) in [6.07, 6.45) is 0.781. The van der Waals surface area contributed by atoms with Crippen molar-refractivity contribution in [3.63, 3.8) is 0 Å². The summed E-state index contributed by atoms with van der Waals surface area (Å²) in [6.45, 7) is 2.79. The van der Waals surface area contributed by atoms with Gasteiger partial charge < -0.3 is 20.0 Å². The van der Waals surface area contributed by atoms with Crippen molar-refractivity contribution in [1.82, 2.24) is 24.8 Å². The van der Waals surface area contributed by atoms with Gasteiger partial charge in [0.05, 0.1) is 18.3 Å². The van der Waals surface area contributed by atoms with Crippen LogP contribution in [0.25, 0.3) is 0 Å². The number of aromatic nitrogens is 3. The van der Waals surface area contributed by atoms with Crippen molar-refractivity contribution in [2.45, 2.75) is 19.1 Å². The predicted molar refractivity (Wildman–Crippen MR) is 67.3 cm³/mol. The molecule has 0 saturated carbocycles. The summed E-state index contributed by atoms with van der Waals surface area (Å²) in [5.41, 5.74) is -0.110. The van der Waals surface area contributed by atoms with E-state index in [4.69, 9.17) is 5.11 Å². The Balaban J connectivity index is 1.87. The summed E-state index contributed by atoms with van der Waals surface area (Å²) in [5, 5.41) is 25.3. The zero-order valence-electron chi connectivity index (χ0n) is 11.3. The maximum absolute atomic E-state index is 12.0. The van der Waals surface area contributed by atoms with Crippen LogP contribution in [0.5, 0.6) is 0 Å². The molecule has 1 unspecified atom stereocenters. The SMILES string of the molecule is CC(O)CN(C)C(=O)N1CC(n2cc(C(=O)O)nn2)C1. The third kappa shape index (κ3) is 2.87. The quantitative estimate of drug-likeness (QED) is 0.753. The number of hydrogen-bond donors (Lipinski definition) is 2. The van der Waals surface area contributed by atoms with E-state index in [-0.39, 0.29) is 24.3 Å². The molecule has 0 radical (unpaired) electrons. The van der Waals surface area contributed by atoms with Crippen LogP contribution in [-0.4, -0.2) is 79.8 Å². The number of hydrogen-bond acceptors (Lipinski definition) is 5. The Bertz CT molecular complexity index is 509. The van der Waals surface area contributed by atoms with Crippen LogP contribution in [0.2, 0.25) is 0 Å². The highest BCUT2D eigenvalue weighted by molar-refractivity contribution is 5.84. The smallest absolute Gasteiger partial charge is 0.358 e. The van der Waals surface area contributed by atoms with Crippen molar-refractivity contribution in [2.24, 2.45) is 0 Å². The number of likely N-dealkylation sites (N-methyl/N-ethyl adjacent to an activating group) is 1. The van der Waals surface area contributed by atoms with Crippen LogP contribution < -0.4 is 0 Å². The average Bonchev–Trinajstić information content (AvgIpc) is 2.75. The number of aromatic carboxylic acids is 1. The number of aliphatic hydroxyl groups is 1. The zero-order valence-corrected chi connectivity index (χ0v) is 11.3. The van der Waals surface area contributed by atoms with Gasteiger partial charge in [0.2, 0.25) is 0 Å². The molecular formula is C11H17N5O4. The van der Waals surface area contributed by atoms with Gasteiger partial charge in [-0.3, -0.25) is 0 Å². The second kappa shape index (κ2) is 5.45. The van der Waals surface area contributed by atoms with Crippen molar-refractivity contribution in [3.8, 4) is 0 Å². The number of likely N-dealkylation sites (tertiary alicyclic amines) is 1. The Hall–Kier alpha value is -2.16. The van der Waals surface area contributed by atoms with Gasteiger partial charge in [-0.1, -0.05) is 5.21 Å². The van der Waals surface area contributed by atoms with E-state index >= 15 is 0 Å². The Morgan fingerprint density at radius 2 is 2.20 bits per heavy atom. The second-order valence-electron chi connectivity index (χ2n) is 4.96. The van der Waals surface area contributed by atoms with Crippen molar-refractivity contribution < 1.29 is 19.8 Å². The fourth-order valence-corrected chi connectivity index (χ4v) is 2.05. The average molecular weight is 283 g/mol. The Morgan fingerprint density at radius 1 is 1.55 bits per heavy atom. The molecule has 1 saturated heterocycles. The number of carbonyl (C=O) groups is 2. The van der Waals surface area contributed by atoms with E-state index in [9.17, 15) is 14.7 Å². The summed E-state index contributed by atoms with van der Waals surface area (Å²) in [7, 11) is 1.63. The summed E-state index contributed by atoms with van der Waals surface area (Å²) >= 11 is 0. The Morgan fingerprint density at radius 3 is 2.70 bits per heavy atom. The first kappa shape index (κ1) is 14.3. The van der Waals surface area contributed by atoms with Gasteiger partial charge in [-0.15, -0.1) is 5.10 Å². The molecule has 2 heterocycles. The molecule has 2 rings (SSSR count). The number of carbonyl (C=O) groups excluding carboxylic acids is 1. The fourth-order valence-electron chi connectivity index (χ4n) is 2.05. The van der Waals surface area contributed by atoms with Gasteiger partial charge in [-0.05, 0) is 6.92 Å². The highest BCUT2D eigenvalue weighted by atomic mass is 16.4. The molecular weight excluding hydrogens is 266 g/mol. The predicted octanol–water partition coefficient (Wildman–Crippen LogP) is -0.734. The lowest BCUT2D eigenvalue weighted by atomic mass is 10.1. The lowest BCUT2D eigenvalue weighted by molar-refractivity contribution is 0.0689. The molecule has 1 aromatic rings. The van der Waals surface area contributed by atoms with Crippen molar-refractivity contribution in [3.05, 3.63) is 11.9 Å². The molecule has 0 bridgehead atoms. The summed E-state index contributed by atoms with van der Waals surface area (Å²) in [5.74, 6) is -1.12. The molecule has 1 aliphatic rings. The molecule has 0 spiro atoms. The van der Waals surface area contributed by atoms with Crippen LogP contribution in [0.1, 0.15) is 23.5 Å². The number of carboxylic acids is 1. The van der Waals surface area contributed by atoms with Gasteiger partial charge in [0, 0.05) is 26.7 Å². The molecule has 20 heavy (non-hydrogen) atoms. The van der Waals surface area contributed by atoms with Crippen molar-refractivity contribution >= 4 is 12.0 Å². The third-order valence-corrected chi connectivity index (χ3v) is 3.10. The van der Waals surface area contributed by atoms with Crippen LogP contribution in [-0.2, 0) is 0 Å². The van der Waals surface area contributed by atoms with Gasteiger partial charge in [0.1, 0.15) is 0 Å². The molecule has 2 N–H and O–H groups in total. The largest absolute Gasteiger partial charge is 0.476 e. The maximum atomic E-state index is 12.0. The van der Waals surface area contributed by atoms with Crippen LogP contribution in [0.3, 0.4) is 0 Å². The van der Waals surface area contributed by atoms with Crippen LogP contribution >= 0.6 is 0 Å². The van der Waals surface area contributed by atoms with Crippen LogP contribution in [0.15, 0.2) is 6.20 Å². The monoisotopic (exact) mass is 283 g/mol. The molecule has 1 aromatic heterocycles. The first-order valence-corrected chi connectivity index (χ1v) is 6.21. The minimum atomic E-state index is -1.12. The Kier molecular flexibility index (Phi) is 3.89. The number of urea groups is 1.